The smallest absolute Gasteiger partial charge is 0.208 e. The number of nitrogens with zero attached hydrogens (tertiary/aromatic N) is 2. The molecule has 1 unspecified atom stereocenters. The minimum atomic E-state index is -3.07. The third kappa shape index (κ3) is 4.47. The van der Waals surface area contributed by atoms with Gasteiger partial charge >= 0.3 is 0 Å². The van der Waals surface area contributed by atoms with Crippen LogP contribution in [-0.2, 0) is 10.0 Å². The van der Waals surface area contributed by atoms with Crippen molar-refractivity contribution in [2.75, 3.05) is 25.9 Å². The molecule has 1 N–H and O–H groups in total. The Morgan fingerprint density at radius 2 is 2.06 bits per heavy atom. The molecule has 16 heavy (non-hydrogen) atoms. The molecule has 0 amide bonds. The van der Waals surface area contributed by atoms with E-state index in [1.165, 1.54) is 6.26 Å². The first-order valence-corrected chi connectivity index (χ1v) is 7.40. The van der Waals surface area contributed by atoms with Crippen molar-refractivity contribution in [3.05, 3.63) is 0 Å². The van der Waals surface area contributed by atoms with Crippen LogP contribution in [0.1, 0.15) is 19.8 Å². The maximum atomic E-state index is 10.9. The fraction of sp³-hybridized carbons (Fsp3) is 0.900. The van der Waals surface area contributed by atoms with Gasteiger partial charge in [-0.15, -0.1) is 0 Å². The largest absolute Gasteiger partial charge is 0.288 e. The molecule has 1 saturated heterocycles. The Morgan fingerprint density at radius 3 is 2.50 bits per heavy atom. The van der Waals surface area contributed by atoms with E-state index >= 15 is 0 Å². The third-order valence-corrected chi connectivity index (χ3v) is 3.71. The highest BCUT2D eigenvalue weighted by molar-refractivity contribution is 7.88. The van der Waals surface area contributed by atoms with Crippen molar-refractivity contribution in [2.45, 2.75) is 25.8 Å². The van der Waals surface area contributed by atoms with Crippen molar-refractivity contribution in [2.24, 2.45) is 5.92 Å². The standard InChI is InChI=1S/C10H19N3O2S/c1-9(7-11)13-5-3-10(4-6-13)8-12-16(2,14)15/h9-10,12H,3-6,8H2,1-2H3. The summed E-state index contributed by atoms with van der Waals surface area (Å²) in [4.78, 5) is 2.14. The highest BCUT2D eigenvalue weighted by atomic mass is 32.2. The van der Waals surface area contributed by atoms with Gasteiger partial charge in [-0.05, 0) is 38.8 Å². The first-order chi connectivity index (χ1) is 7.42. The summed E-state index contributed by atoms with van der Waals surface area (Å²) in [6.07, 6.45) is 3.09. The average molecular weight is 245 g/mol. The SMILES string of the molecule is CC(C#N)N1CCC(CNS(C)(=O)=O)CC1. The quantitative estimate of drug-likeness (QED) is 0.765. The van der Waals surface area contributed by atoms with Crippen molar-refractivity contribution in [3.63, 3.8) is 0 Å². The molecule has 0 saturated carbocycles. The van der Waals surface area contributed by atoms with Crippen LogP contribution in [0.3, 0.4) is 0 Å². The first kappa shape index (κ1) is 13.4. The van der Waals surface area contributed by atoms with Crippen LogP contribution in [0, 0.1) is 17.2 Å². The number of piperidine rings is 1. The lowest BCUT2D eigenvalue weighted by Crippen LogP contribution is -2.42. The molecule has 1 aliphatic heterocycles. The Bertz CT molecular complexity index is 353. The van der Waals surface area contributed by atoms with E-state index in [1.807, 2.05) is 6.92 Å². The Kier molecular flexibility index (Phi) is 4.71. The van der Waals surface area contributed by atoms with Crippen molar-refractivity contribution < 1.29 is 8.42 Å². The summed E-state index contributed by atoms with van der Waals surface area (Å²) in [5, 5.41) is 8.78. The molecular formula is C10H19N3O2S. The normalized spacial score (nSPS) is 21.6. The molecule has 0 radical (unpaired) electrons. The molecular weight excluding hydrogens is 226 g/mol. The molecule has 5 nitrogen and oxygen atoms in total. The number of sulfonamides is 1. The van der Waals surface area contributed by atoms with Crippen LogP contribution in [0.15, 0.2) is 0 Å². The molecule has 1 fully saturated rings. The van der Waals surface area contributed by atoms with Gasteiger partial charge in [0.25, 0.3) is 0 Å². The Labute approximate surface area is 97.5 Å². The van der Waals surface area contributed by atoms with Gasteiger partial charge in [0, 0.05) is 6.54 Å². The summed E-state index contributed by atoms with van der Waals surface area (Å²) >= 11 is 0. The highest BCUT2D eigenvalue weighted by Crippen LogP contribution is 2.18. The van der Waals surface area contributed by atoms with Crippen LogP contribution in [0.25, 0.3) is 0 Å². The van der Waals surface area contributed by atoms with E-state index in [4.69, 9.17) is 5.26 Å². The van der Waals surface area contributed by atoms with Gasteiger partial charge in [0.05, 0.1) is 18.4 Å². The maximum absolute atomic E-state index is 10.9. The predicted molar refractivity (Wildman–Crippen MR) is 62.2 cm³/mol. The molecule has 92 valence electrons. The van der Waals surface area contributed by atoms with E-state index in [9.17, 15) is 8.42 Å². The summed E-state index contributed by atoms with van der Waals surface area (Å²) < 4.78 is 24.4. The lowest BCUT2D eigenvalue weighted by molar-refractivity contribution is 0.166. The first-order valence-electron chi connectivity index (χ1n) is 5.50. The summed E-state index contributed by atoms with van der Waals surface area (Å²) in [5.41, 5.74) is 0. The second-order valence-electron chi connectivity index (χ2n) is 4.41. The van der Waals surface area contributed by atoms with Crippen LogP contribution in [0.5, 0.6) is 0 Å². The van der Waals surface area contributed by atoms with Gasteiger partial charge < -0.3 is 0 Å². The van der Waals surface area contributed by atoms with Gasteiger partial charge in [-0.25, -0.2) is 13.1 Å². The number of nitrogens with one attached hydrogen (secondary N) is 1. The van der Waals surface area contributed by atoms with Crippen LogP contribution in [-0.4, -0.2) is 45.2 Å². The fourth-order valence-corrected chi connectivity index (χ4v) is 2.43. The molecule has 0 spiro atoms. The maximum Gasteiger partial charge on any atom is 0.208 e. The fourth-order valence-electron chi connectivity index (χ4n) is 1.90. The molecule has 1 aliphatic rings. The number of hydrogen-bond acceptors (Lipinski definition) is 4. The minimum absolute atomic E-state index is 0.0381. The molecule has 1 heterocycles. The number of rotatable bonds is 4. The number of hydrogen-bond donors (Lipinski definition) is 1. The summed E-state index contributed by atoms with van der Waals surface area (Å²) in [6, 6.07) is 2.18. The van der Waals surface area contributed by atoms with Crippen molar-refractivity contribution in [1.29, 1.82) is 5.26 Å². The third-order valence-electron chi connectivity index (χ3n) is 3.02. The second kappa shape index (κ2) is 5.62. The van der Waals surface area contributed by atoms with Gasteiger partial charge in [0.2, 0.25) is 10.0 Å². The van der Waals surface area contributed by atoms with Gasteiger partial charge in [0.15, 0.2) is 0 Å². The molecule has 6 heteroatoms. The minimum Gasteiger partial charge on any atom is -0.288 e. The van der Waals surface area contributed by atoms with Crippen molar-refractivity contribution >= 4 is 10.0 Å². The van der Waals surface area contributed by atoms with Crippen molar-refractivity contribution in [1.82, 2.24) is 9.62 Å². The lowest BCUT2D eigenvalue weighted by Gasteiger charge is -2.33. The Balaban J connectivity index is 2.30. The van der Waals surface area contributed by atoms with Crippen molar-refractivity contribution in [3.8, 4) is 6.07 Å². The number of nitriles is 1. The zero-order valence-corrected chi connectivity index (χ0v) is 10.6. The van der Waals surface area contributed by atoms with E-state index in [2.05, 4.69) is 15.7 Å². The topological polar surface area (TPSA) is 73.2 Å². The molecule has 0 aliphatic carbocycles. The monoisotopic (exact) mass is 245 g/mol. The van der Waals surface area contributed by atoms with Crippen LogP contribution in [0.2, 0.25) is 0 Å². The van der Waals surface area contributed by atoms with E-state index in [0.717, 1.165) is 25.9 Å². The average Bonchev–Trinajstić information content (AvgIpc) is 2.25. The summed E-state index contributed by atoms with van der Waals surface area (Å²) in [5.74, 6) is 0.400. The highest BCUT2D eigenvalue weighted by Gasteiger charge is 2.22. The van der Waals surface area contributed by atoms with E-state index < -0.39 is 10.0 Å². The lowest BCUT2D eigenvalue weighted by atomic mass is 9.96. The number of likely N-dealkylation sites (tertiary alicyclic amines) is 1. The van der Waals surface area contributed by atoms with E-state index in [-0.39, 0.29) is 6.04 Å². The molecule has 0 aromatic carbocycles. The zero-order valence-electron chi connectivity index (χ0n) is 9.81. The summed E-state index contributed by atoms with van der Waals surface area (Å²) in [6.45, 7) is 4.18. The van der Waals surface area contributed by atoms with Crippen LogP contribution in [0.4, 0.5) is 0 Å². The molecule has 0 bridgehead atoms. The van der Waals surface area contributed by atoms with Gasteiger partial charge in [-0.2, -0.15) is 5.26 Å². The second-order valence-corrected chi connectivity index (χ2v) is 6.24. The van der Waals surface area contributed by atoms with E-state index in [0.29, 0.717) is 12.5 Å². The Morgan fingerprint density at radius 1 is 1.50 bits per heavy atom. The van der Waals surface area contributed by atoms with Crippen LogP contribution < -0.4 is 4.72 Å². The predicted octanol–water partition coefficient (Wildman–Crippen LogP) is 0.160. The summed E-state index contributed by atoms with van der Waals surface area (Å²) in [7, 11) is -3.07. The van der Waals surface area contributed by atoms with Gasteiger partial charge in [-0.1, -0.05) is 0 Å². The van der Waals surface area contributed by atoms with Gasteiger partial charge in [0.1, 0.15) is 0 Å². The molecule has 1 rings (SSSR count). The Hall–Kier alpha value is -0.640. The van der Waals surface area contributed by atoms with Crippen LogP contribution >= 0.6 is 0 Å². The molecule has 0 aromatic rings. The van der Waals surface area contributed by atoms with Gasteiger partial charge in [-0.3, -0.25) is 4.90 Å². The van der Waals surface area contributed by atoms with E-state index in [1.54, 1.807) is 0 Å². The zero-order chi connectivity index (χ0) is 12.2. The molecule has 1 atom stereocenters. The molecule has 0 aromatic heterocycles.